The van der Waals surface area contributed by atoms with Crippen LogP contribution in [0.3, 0.4) is 0 Å². The molecule has 74 heavy (non-hydrogen) atoms. The van der Waals surface area contributed by atoms with Gasteiger partial charge in [-0.1, -0.05) is 108 Å². The maximum atomic E-state index is 14.2. The van der Waals surface area contributed by atoms with E-state index in [1.54, 1.807) is 72.8 Å². The van der Waals surface area contributed by atoms with Crippen LogP contribution in [0.1, 0.15) is 64.0 Å². The van der Waals surface area contributed by atoms with Crippen molar-refractivity contribution in [3.05, 3.63) is 162 Å². The van der Waals surface area contributed by atoms with Gasteiger partial charge >= 0.3 is 6.09 Å². The second kappa shape index (κ2) is 27.1. The highest BCUT2D eigenvalue weighted by atomic mass is 35.5. The van der Waals surface area contributed by atoms with Gasteiger partial charge in [-0.25, -0.2) is 14.8 Å². The Morgan fingerprint density at radius 1 is 0.757 bits per heavy atom. The van der Waals surface area contributed by atoms with Crippen molar-refractivity contribution in [1.29, 1.82) is 0 Å². The van der Waals surface area contributed by atoms with E-state index in [9.17, 15) is 34.2 Å². The number of hydrogen-bond donors (Lipinski definition) is 6. The summed E-state index contributed by atoms with van der Waals surface area (Å²) in [5.41, 5.74) is 5.12. The first kappa shape index (κ1) is 55.2. The number of carbonyl (C=O) groups is 5. The summed E-state index contributed by atoms with van der Waals surface area (Å²) in [4.78, 5) is 77.1. The normalized spacial score (nSPS) is 15.5. The molecule has 2 atom stereocenters. The lowest BCUT2D eigenvalue weighted by molar-refractivity contribution is -0.133. The highest BCUT2D eigenvalue weighted by molar-refractivity contribution is 6.42. The largest absolute Gasteiger partial charge is 0.494 e. The number of ketones is 1. The van der Waals surface area contributed by atoms with Gasteiger partial charge in [0.1, 0.15) is 29.6 Å². The molecule has 1 saturated heterocycles. The number of unbranched alkanes of at least 4 members (excludes halogenated alkanes) is 3. The molecule has 20 heteroatoms. The molecule has 16 nitrogen and oxygen atoms in total. The molecule has 2 aliphatic heterocycles. The number of β-amino-alcohol motifs (C(OH)–C–C–N with tert-alkyl or cyclic N) is 1. The molecule has 0 saturated carbocycles. The van der Waals surface area contributed by atoms with Gasteiger partial charge in [0.2, 0.25) is 11.8 Å². The van der Waals surface area contributed by atoms with Crippen LogP contribution < -0.4 is 26.0 Å². The van der Waals surface area contributed by atoms with Gasteiger partial charge in [-0.3, -0.25) is 24.1 Å². The highest BCUT2D eigenvalue weighted by Gasteiger charge is 2.34. The summed E-state index contributed by atoms with van der Waals surface area (Å²) in [6.07, 6.45) is 6.57. The van der Waals surface area contributed by atoms with Gasteiger partial charge in [0.25, 0.3) is 5.91 Å². The molecule has 6 N–H and O–H groups in total. The lowest BCUT2D eigenvalue weighted by Crippen LogP contribution is -2.52. The standard InChI is InChI=1S/C54H56Cl4N8O8/c55-43-15-11-35(23-45(43)57)21-39-30-66(31-40(51(39)69)22-36-12-16-44(56)46(58)24-36)53(71)48(64-54(72)73)25-34-9-13-42(14-10-34)74-20-6-2-1-5-18-59-50(68)28-60-49-26-47(62-33-63-49)52(70)61-27-41(67)32-65-19-17-37-7-3-4-8-38(37)29-65/h3-4,7-16,21-24,26,33,41,48,64,67H,1-2,5-6,17-20,25,27-32H2,(H,59,68)(H,61,70)(H,72,73)(H,60,62,63). The number of fused-ring (bicyclic) bond motifs is 1. The Hall–Kier alpha value is -6.53. The number of nitrogens with zero attached hydrogens (tertiary/aromatic N) is 4. The minimum Gasteiger partial charge on any atom is -0.494 e. The molecule has 388 valence electrons. The third-order valence-corrected chi connectivity index (χ3v) is 13.8. The van der Waals surface area contributed by atoms with Crippen molar-refractivity contribution in [3.8, 4) is 5.75 Å². The number of aliphatic hydroxyl groups excluding tert-OH is 1. The first-order valence-corrected chi connectivity index (χ1v) is 25.6. The molecular weight excluding hydrogens is 1030 g/mol. The number of halogens is 4. The van der Waals surface area contributed by atoms with Gasteiger partial charge in [0.15, 0.2) is 5.78 Å². The maximum Gasteiger partial charge on any atom is 0.405 e. The average molecular weight is 1090 g/mol. The zero-order valence-corrected chi connectivity index (χ0v) is 43.3. The van der Waals surface area contributed by atoms with Crippen molar-refractivity contribution in [2.24, 2.45) is 0 Å². The SMILES string of the molecule is O=C(O)NC(Cc1ccc(OCCCCCCNC(=O)CNc2cc(C(=O)NCC(O)CN3CCc4ccccc4C3)ncn2)cc1)C(=O)N1CC(=Cc2ccc(Cl)c(Cl)c2)C(=O)C(=Cc2ccc(Cl)c(Cl)c2)C1. The Kier molecular flexibility index (Phi) is 20.3. The molecule has 4 aromatic carbocycles. The zero-order valence-electron chi connectivity index (χ0n) is 40.3. The summed E-state index contributed by atoms with van der Waals surface area (Å²) in [5, 5.41) is 32.6. The number of likely N-dealkylation sites (tertiary alicyclic amines) is 1. The summed E-state index contributed by atoms with van der Waals surface area (Å²) in [5.74, 6) is -0.585. The van der Waals surface area contributed by atoms with Crippen molar-refractivity contribution >= 4 is 94.0 Å². The number of carboxylic acid groups (broad SMARTS) is 1. The number of Topliss-reactive ketones (excluding diaryl/α,β-unsaturated/α-hetero) is 1. The number of carbonyl (C=O) groups excluding carboxylic acids is 4. The van der Waals surface area contributed by atoms with E-state index in [1.165, 1.54) is 28.4 Å². The van der Waals surface area contributed by atoms with E-state index in [1.807, 2.05) is 12.1 Å². The number of aliphatic hydroxyl groups is 1. The first-order chi connectivity index (χ1) is 35.7. The van der Waals surface area contributed by atoms with Crippen LogP contribution in [0.15, 0.2) is 108 Å². The molecule has 7 rings (SSSR count). The van der Waals surface area contributed by atoms with E-state index in [-0.39, 0.29) is 61.1 Å². The Labute approximate surface area is 449 Å². The Morgan fingerprint density at radius 3 is 2.08 bits per heavy atom. The summed E-state index contributed by atoms with van der Waals surface area (Å²) < 4.78 is 5.95. The molecule has 3 heterocycles. The lowest BCUT2D eigenvalue weighted by atomic mass is 9.93. The van der Waals surface area contributed by atoms with E-state index < -0.39 is 30.1 Å². The molecule has 0 aliphatic carbocycles. The summed E-state index contributed by atoms with van der Waals surface area (Å²) in [6.45, 7) is 2.81. The maximum absolute atomic E-state index is 14.2. The molecule has 0 spiro atoms. The van der Waals surface area contributed by atoms with Crippen molar-refractivity contribution in [2.75, 3.05) is 57.7 Å². The minimum absolute atomic E-state index is 0.0310. The molecule has 5 aromatic rings. The molecule has 1 fully saturated rings. The number of benzene rings is 4. The average Bonchev–Trinajstić information content (AvgIpc) is 3.39. The third-order valence-electron chi connectivity index (χ3n) is 12.3. The number of rotatable bonds is 22. The van der Waals surface area contributed by atoms with E-state index in [0.717, 1.165) is 45.2 Å². The van der Waals surface area contributed by atoms with Gasteiger partial charge in [0, 0.05) is 69.4 Å². The fraction of sp³-hybridized carbons (Fsp3) is 0.315. The highest BCUT2D eigenvalue weighted by Crippen LogP contribution is 2.29. The molecule has 4 amide bonds. The molecule has 0 radical (unpaired) electrons. The Morgan fingerprint density at radius 2 is 1.42 bits per heavy atom. The molecule has 0 bridgehead atoms. The van der Waals surface area contributed by atoms with Crippen LogP contribution in [0.2, 0.25) is 20.1 Å². The number of anilines is 1. The van der Waals surface area contributed by atoms with Gasteiger partial charge < -0.3 is 41.1 Å². The second-order valence-electron chi connectivity index (χ2n) is 17.9. The predicted octanol–water partition coefficient (Wildman–Crippen LogP) is 8.16. The van der Waals surface area contributed by atoms with E-state index in [4.69, 9.17) is 51.1 Å². The smallest absolute Gasteiger partial charge is 0.405 e. The summed E-state index contributed by atoms with van der Waals surface area (Å²) in [7, 11) is 0. The molecular formula is C54H56Cl4N8O8. The number of aromatic nitrogens is 2. The van der Waals surface area contributed by atoms with Crippen molar-refractivity contribution in [2.45, 2.75) is 57.2 Å². The fourth-order valence-electron chi connectivity index (χ4n) is 8.51. The molecule has 2 unspecified atom stereocenters. The summed E-state index contributed by atoms with van der Waals surface area (Å²) in [6, 6.07) is 25.4. The third kappa shape index (κ3) is 16.5. The van der Waals surface area contributed by atoms with Crippen LogP contribution in [0.4, 0.5) is 10.6 Å². The van der Waals surface area contributed by atoms with Gasteiger partial charge in [-0.15, -0.1) is 0 Å². The number of ether oxygens (including phenoxy) is 1. The number of piperidine rings is 1. The van der Waals surface area contributed by atoms with E-state index >= 15 is 0 Å². The first-order valence-electron chi connectivity index (χ1n) is 24.1. The summed E-state index contributed by atoms with van der Waals surface area (Å²) >= 11 is 24.8. The number of nitrogens with one attached hydrogen (secondary N) is 4. The van der Waals surface area contributed by atoms with Crippen LogP contribution >= 0.6 is 46.4 Å². The quantitative estimate of drug-likeness (QED) is 0.0286. The van der Waals surface area contributed by atoms with Gasteiger partial charge in [-0.2, -0.15) is 0 Å². The topological polar surface area (TPSA) is 215 Å². The van der Waals surface area contributed by atoms with Crippen LogP contribution in [0.25, 0.3) is 12.2 Å². The fourth-order valence-corrected chi connectivity index (χ4v) is 9.13. The van der Waals surface area contributed by atoms with Crippen LogP contribution in [0.5, 0.6) is 5.75 Å². The van der Waals surface area contributed by atoms with Crippen LogP contribution in [-0.2, 0) is 33.8 Å². The van der Waals surface area contributed by atoms with Crippen molar-refractivity contribution < 1.29 is 38.9 Å². The van der Waals surface area contributed by atoms with Crippen molar-refractivity contribution in [3.63, 3.8) is 0 Å². The van der Waals surface area contributed by atoms with Gasteiger partial charge in [0.05, 0.1) is 39.3 Å². The van der Waals surface area contributed by atoms with Crippen LogP contribution in [-0.4, -0.2) is 124 Å². The number of hydrogen-bond acceptors (Lipinski definition) is 11. The monoisotopic (exact) mass is 1080 g/mol. The Bertz CT molecular complexity index is 2810. The predicted molar refractivity (Wildman–Crippen MR) is 287 cm³/mol. The minimum atomic E-state index is -1.38. The van der Waals surface area contributed by atoms with Crippen LogP contribution in [0, 0.1) is 0 Å². The molecule has 1 aromatic heterocycles. The van der Waals surface area contributed by atoms with E-state index in [2.05, 4.69) is 48.3 Å². The van der Waals surface area contributed by atoms with Gasteiger partial charge in [-0.05, 0) is 95.6 Å². The van der Waals surface area contributed by atoms with Crippen molar-refractivity contribution in [1.82, 2.24) is 35.7 Å². The van der Waals surface area contributed by atoms with E-state index in [0.29, 0.717) is 68.0 Å². The second-order valence-corrected chi connectivity index (χ2v) is 19.6. The zero-order chi connectivity index (χ0) is 52.6. The Balaban J connectivity index is 0.808. The number of amides is 4. The lowest BCUT2D eigenvalue weighted by Gasteiger charge is -2.33. The molecule has 2 aliphatic rings.